The molecule has 1 aromatic rings. The van der Waals surface area contributed by atoms with Crippen molar-refractivity contribution < 1.29 is 0 Å². The fraction of sp³-hybridized carbons (Fsp3) is 0.714. The van der Waals surface area contributed by atoms with E-state index in [1.165, 1.54) is 30.7 Å². The normalized spacial score (nSPS) is 35.9. The first kappa shape index (κ1) is 11.7. The molecule has 17 heavy (non-hydrogen) atoms. The van der Waals surface area contributed by atoms with Crippen LogP contribution in [-0.2, 0) is 6.54 Å². The highest BCUT2D eigenvalue weighted by atomic mass is 32.1. The molecule has 0 radical (unpaired) electrons. The summed E-state index contributed by atoms with van der Waals surface area (Å²) in [5.41, 5.74) is 6.36. The van der Waals surface area contributed by atoms with Crippen LogP contribution in [-0.4, -0.2) is 24.5 Å². The van der Waals surface area contributed by atoms with Crippen molar-refractivity contribution in [2.75, 3.05) is 13.6 Å². The number of nitrogens with two attached hydrogens (primary N) is 1. The van der Waals surface area contributed by atoms with Gasteiger partial charge in [-0.1, -0.05) is 6.07 Å². The second kappa shape index (κ2) is 4.71. The maximum absolute atomic E-state index is 6.36. The zero-order valence-electron chi connectivity index (χ0n) is 10.5. The van der Waals surface area contributed by atoms with Crippen LogP contribution in [0.2, 0.25) is 0 Å². The molecule has 2 fully saturated rings. The van der Waals surface area contributed by atoms with Gasteiger partial charge in [-0.3, -0.25) is 0 Å². The molecule has 2 aliphatic carbocycles. The molecule has 3 rings (SSSR count). The Morgan fingerprint density at radius 2 is 2.24 bits per heavy atom. The van der Waals surface area contributed by atoms with Crippen molar-refractivity contribution in [3.63, 3.8) is 0 Å². The molecule has 0 aromatic carbocycles. The molecule has 0 amide bonds. The molecule has 94 valence electrons. The monoisotopic (exact) mass is 250 g/mol. The highest BCUT2D eigenvalue weighted by Crippen LogP contribution is 2.47. The van der Waals surface area contributed by atoms with Gasteiger partial charge in [-0.15, -0.1) is 11.3 Å². The van der Waals surface area contributed by atoms with Gasteiger partial charge in [-0.05, 0) is 55.5 Å². The Balaban J connectivity index is 1.56. The lowest BCUT2D eigenvalue weighted by Gasteiger charge is -2.31. The second-order valence-electron chi connectivity index (χ2n) is 5.85. The first-order valence-electron chi connectivity index (χ1n) is 6.70. The van der Waals surface area contributed by atoms with Crippen molar-refractivity contribution in [1.82, 2.24) is 4.90 Å². The van der Waals surface area contributed by atoms with Gasteiger partial charge in [-0.25, -0.2) is 0 Å². The first-order valence-corrected chi connectivity index (χ1v) is 7.58. The van der Waals surface area contributed by atoms with Crippen LogP contribution < -0.4 is 5.73 Å². The van der Waals surface area contributed by atoms with E-state index < -0.39 is 0 Å². The molecule has 2 nitrogen and oxygen atoms in total. The third-order valence-electron chi connectivity index (χ3n) is 4.69. The molecule has 3 heteroatoms. The van der Waals surface area contributed by atoms with Gasteiger partial charge < -0.3 is 10.6 Å². The van der Waals surface area contributed by atoms with E-state index in [1.54, 1.807) is 0 Å². The van der Waals surface area contributed by atoms with E-state index in [2.05, 4.69) is 29.5 Å². The van der Waals surface area contributed by atoms with Gasteiger partial charge in [0.25, 0.3) is 0 Å². The number of rotatable bonds is 4. The average molecular weight is 250 g/mol. The van der Waals surface area contributed by atoms with Crippen molar-refractivity contribution in [3.05, 3.63) is 22.4 Å². The standard InChI is InChI=1S/C14H22N2S/c1-16(8-12-3-2-6-17-12)9-13-10-4-5-11(7-10)14(13)15/h2-3,6,10-11,13-14H,4-5,7-9,15H2,1H3. The van der Waals surface area contributed by atoms with Crippen LogP contribution >= 0.6 is 11.3 Å². The van der Waals surface area contributed by atoms with Gasteiger partial charge in [0.1, 0.15) is 0 Å². The summed E-state index contributed by atoms with van der Waals surface area (Å²) in [5, 5.41) is 2.16. The third-order valence-corrected chi connectivity index (χ3v) is 5.55. The molecule has 4 unspecified atom stereocenters. The van der Waals surface area contributed by atoms with Crippen LogP contribution in [0.15, 0.2) is 17.5 Å². The van der Waals surface area contributed by atoms with Gasteiger partial charge in [0.05, 0.1) is 0 Å². The number of nitrogens with zero attached hydrogens (tertiary/aromatic N) is 1. The highest BCUT2D eigenvalue weighted by Gasteiger charge is 2.45. The summed E-state index contributed by atoms with van der Waals surface area (Å²) in [4.78, 5) is 3.92. The second-order valence-corrected chi connectivity index (χ2v) is 6.88. The number of fused-ring (bicyclic) bond motifs is 2. The summed E-state index contributed by atoms with van der Waals surface area (Å²) >= 11 is 1.85. The van der Waals surface area contributed by atoms with Crippen LogP contribution in [0.4, 0.5) is 0 Å². The van der Waals surface area contributed by atoms with Crippen LogP contribution in [0.25, 0.3) is 0 Å². The van der Waals surface area contributed by atoms with Crippen molar-refractivity contribution in [3.8, 4) is 0 Å². The molecule has 1 heterocycles. The fourth-order valence-electron chi connectivity index (χ4n) is 3.82. The minimum Gasteiger partial charge on any atom is -0.327 e. The van der Waals surface area contributed by atoms with Crippen LogP contribution in [0, 0.1) is 17.8 Å². The molecule has 2 N–H and O–H groups in total. The summed E-state index contributed by atoms with van der Waals surface area (Å²) in [6.45, 7) is 2.26. The molecule has 2 saturated carbocycles. The summed E-state index contributed by atoms with van der Waals surface area (Å²) in [5.74, 6) is 2.50. The lowest BCUT2D eigenvalue weighted by molar-refractivity contribution is 0.195. The topological polar surface area (TPSA) is 29.3 Å². The third kappa shape index (κ3) is 2.28. The van der Waals surface area contributed by atoms with E-state index in [-0.39, 0.29) is 0 Å². The highest BCUT2D eigenvalue weighted by molar-refractivity contribution is 7.09. The van der Waals surface area contributed by atoms with E-state index in [4.69, 9.17) is 5.73 Å². The smallest absolute Gasteiger partial charge is 0.0324 e. The predicted molar refractivity (Wildman–Crippen MR) is 72.9 cm³/mol. The number of hydrogen-bond acceptors (Lipinski definition) is 3. The summed E-state index contributed by atoms with van der Waals surface area (Å²) < 4.78 is 0. The minimum atomic E-state index is 0.472. The molecular formula is C14H22N2S. The van der Waals surface area contributed by atoms with Gasteiger partial charge in [0.2, 0.25) is 0 Å². The van der Waals surface area contributed by atoms with Gasteiger partial charge in [-0.2, -0.15) is 0 Å². The predicted octanol–water partition coefficient (Wildman–Crippen LogP) is 2.55. The maximum Gasteiger partial charge on any atom is 0.0324 e. The first-order chi connectivity index (χ1) is 8.24. The maximum atomic E-state index is 6.36. The zero-order chi connectivity index (χ0) is 11.8. The largest absolute Gasteiger partial charge is 0.327 e. The molecule has 1 aromatic heterocycles. The van der Waals surface area contributed by atoms with Crippen molar-refractivity contribution >= 4 is 11.3 Å². The Hall–Kier alpha value is -0.380. The molecule has 0 spiro atoms. The minimum absolute atomic E-state index is 0.472. The molecule has 2 bridgehead atoms. The molecule has 0 aliphatic heterocycles. The average Bonchev–Trinajstić information content (AvgIpc) is 2.98. The van der Waals surface area contributed by atoms with E-state index in [9.17, 15) is 0 Å². The molecule has 2 aliphatic rings. The lowest BCUT2D eigenvalue weighted by Crippen LogP contribution is -2.41. The Kier molecular flexibility index (Phi) is 3.24. The molecular weight excluding hydrogens is 228 g/mol. The van der Waals surface area contributed by atoms with Crippen molar-refractivity contribution in [2.24, 2.45) is 23.5 Å². The van der Waals surface area contributed by atoms with E-state index >= 15 is 0 Å². The fourth-order valence-corrected chi connectivity index (χ4v) is 4.60. The van der Waals surface area contributed by atoms with Gasteiger partial charge in [0.15, 0.2) is 0 Å². The summed E-state index contributed by atoms with van der Waals surface area (Å²) in [6.07, 6.45) is 4.21. The van der Waals surface area contributed by atoms with Crippen molar-refractivity contribution in [2.45, 2.75) is 31.8 Å². The van der Waals surface area contributed by atoms with E-state index in [1.807, 2.05) is 11.3 Å². The SMILES string of the molecule is CN(Cc1cccs1)CC1C2CCC(C2)C1N. The Morgan fingerprint density at radius 1 is 1.41 bits per heavy atom. The lowest BCUT2D eigenvalue weighted by atomic mass is 9.84. The van der Waals surface area contributed by atoms with Crippen LogP contribution in [0.5, 0.6) is 0 Å². The number of thiophene rings is 1. The van der Waals surface area contributed by atoms with E-state index in [0.717, 1.165) is 24.3 Å². The van der Waals surface area contributed by atoms with Crippen LogP contribution in [0.1, 0.15) is 24.1 Å². The summed E-state index contributed by atoms with van der Waals surface area (Å²) in [7, 11) is 2.23. The zero-order valence-corrected chi connectivity index (χ0v) is 11.3. The quantitative estimate of drug-likeness (QED) is 0.890. The molecule has 4 atom stereocenters. The van der Waals surface area contributed by atoms with Crippen molar-refractivity contribution in [1.29, 1.82) is 0 Å². The van der Waals surface area contributed by atoms with E-state index in [0.29, 0.717) is 6.04 Å². The van der Waals surface area contributed by atoms with Gasteiger partial charge >= 0.3 is 0 Å². The summed E-state index contributed by atoms with van der Waals surface area (Å²) in [6, 6.07) is 4.83. The number of hydrogen-bond donors (Lipinski definition) is 1. The molecule has 0 saturated heterocycles. The van der Waals surface area contributed by atoms with Gasteiger partial charge in [0, 0.05) is 24.0 Å². The Labute approximate surface area is 108 Å². The van der Waals surface area contributed by atoms with Crippen LogP contribution in [0.3, 0.4) is 0 Å². The Morgan fingerprint density at radius 3 is 2.88 bits per heavy atom. The Bertz CT molecular complexity index is 360.